The summed E-state index contributed by atoms with van der Waals surface area (Å²) in [5.41, 5.74) is 0.227. The van der Waals surface area contributed by atoms with Crippen molar-refractivity contribution in [3.05, 3.63) is 29.6 Å². The second-order valence-corrected chi connectivity index (χ2v) is 7.20. The Morgan fingerprint density at radius 1 is 1.27 bits per heavy atom. The molecule has 0 radical (unpaired) electrons. The summed E-state index contributed by atoms with van der Waals surface area (Å²) in [4.78, 5) is 13.9. The van der Waals surface area contributed by atoms with Crippen molar-refractivity contribution in [3.63, 3.8) is 0 Å². The number of ether oxygens (including phenoxy) is 1. The standard InChI is InChI=1S/C14H19FN2O4S/c1-3-22(19,20)17-8-6-16(7-9-17)14(18)11-4-5-13(21-2)12(15)10-11/h4-5,10H,3,6-9H2,1-2H3. The van der Waals surface area contributed by atoms with Crippen LogP contribution in [0.3, 0.4) is 0 Å². The molecule has 1 aliphatic rings. The highest BCUT2D eigenvalue weighted by Gasteiger charge is 2.28. The van der Waals surface area contributed by atoms with Gasteiger partial charge in [-0.2, -0.15) is 4.31 Å². The van der Waals surface area contributed by atoms with Crippen molar-refractivity contribution in [3.8, 4) is 5.75 Å². The van der Waals surface area contributed by atoms with Gasteiger partial charge < -0.3 is 9.64 Å². The monoisotopic (exact) mass is 330 g/mol. The summed E-state index contributed by atoms with van der Waals surface area (Å²) in [6.45, 7) is 2.71. The Bertz CT molecular complexity index is 655. The van der Waals surface area contributed by atoms with Gasteiger partial charge in [0.2, 0.25) is 10.0 Å². The number of amides is 1. The fraction of sp³-hybridized carbons (Fsp3) is 0.500. The van der Waals surface area contributed by atoms with Crippen LogP contribution in [-0.4, -0.2) is 62.6 Å². The third-order valence-corrected chi connectivity index (χ3v) is 5.56. The molecule has 0 spiro atoms. The van der Waals surface area contributed by atoms with Crippen LogP contribution in [0.25, 0.3) is 0 Å². The largest absolute Gasteiger partial charge is 0.494 e. The van der Waals surface area contributed by atoms with Crippen LogP contribution in [0.5, 0.6) is 5.75 Å². The normalized spacial score (nSPS) is 16.6. The average Bonchev–Trinajstić information content (AvgIpc) is 2.54. The maximum absolute atomic E-state index is 13.7. The number of methoxy groups -OCH3 is 1. The quantitative estimate of drug-likeness (QED) is 0.824. The Morgan fingerprint density at radius 3 is 2.41 bits per heavy atom. The molecule has 1 heterocycles. The highest BCUT2D eigenvalue weighted by Crippen LogP contribution is 2.19. The molecule has 8 heteroatoms. The van der Waals surface area contributed by atoms with Crippen LogP contribution >= 0.6 is 0 Å². The first kappa shape index (κ1) is 16.7. The van der Waals surface area contributed by atoms with Gasteiger partial charge in [0.15, 0.2) is 11.6 Å². The van der Waals surface area contributed by atoms with Crippen molar-refractivity contribution in [2.45, 2.75) is 6.92 Å². The number of piperazine rings is 1. The van der Waals surface area contributed by atoms with Crippen molar-refractivity contribution in [2.24, 2.45) is 0 Å². The van der Waals surface area contributed by atoms with Gasteiger partial charge in [0.05, 0.1) is 12.9 Å². The van der Waals surface area contributed by atoms with Gasteiger partial charge in [0.1, 0.15) is 0 Å². The summed E-state index contributed by atoms with van der Waals surface area (Å²) in [5, 5.41) is 0. The Hall–Kier alpha value is -1.67. The minimum atomic E-state index is -3.23. The molecule has 1 aromatic carbocycles. The lowest BCUT2D eigenvalue weighted by molar-refractivity contribution is 0.0697. The Morgan fingerprint density at radius 2 is 1.91 bits per heavy atom. The topological polar surface area (TPSA) is 66.9 Å². The van der Waals surface area contributed by atoms with Gasteiger partial charge in [0, 0.05) is 31.7 Å². The van der Waals surface area contributed by atoms with Crippen molar-refractivity contribution in [1.29, 1.82) is 0 Å². The molecule has 22 heavy (non-hydrogen) atoms. The molecule has 1 saturated heterocycles. The van der Waals surface area contributed by atoms with Crippen LogP contribution in [0, 0.1) is 5.82 Å². The van der Waals surface area contributed by atoms with Crippen LogP contribution in [0.1, 0.15) is 17.3 Å². The molecule has 122 valence electrons. The number of hydrogen-bond donors (Lipinski definition) is 0. The SMILES string of the molecule is CCS(=O)(=O)N1CCN(C(=O)c2ccc(OC)c(F)c2)CC1. The highest BCUT2D eigenvalue weighted by atomic mass is 32.2. The summed E-state index contributed by atoms with van der Waals surface area (Å²) >= 11 is 0. The minimum absolute atomic E-state index is 0.0463. The summed E-state index contributed by atoms with van der Waals surface area (Å²) < 4.78 is 43.4. The summed E-state index contributed by atoms with van der Waals surface area (Å²) in [6, 6.07) is 4.04. The van der Waals surface area contributed by atoms with Crippen molar-refractivity contribution in [2.75, 3.05) is 39.0 Å². The number of nitrogens with zero attached hydrogens (tertiary/aromatic N) is 2. The van der Waals surface area contributed by atoms with Gasteiger partial charge in [-0.05, 0) is 25.1 Å². The number of halogens is 1. The molecule has 1 aromatic rings. The van der Waals surface area contributed by atoms with Crippen LogP contribution < -0.4 is 4.74 Å². The fourth-order valence-electron chi connectivity index (χ4n) is 2.33. The Kier molecular flexibility index (Phi) is 5.02. The molecule has 0 unspecified atom stereocenters. The molecule has 0 bridgehead atoms. The third kappa shape index (κ3) is 3.38. The second-order valence-electron chi connectivity index (χ2n) is 4.94. The Balaban J connectivity index is 2.05. The lowest BCUT2D eigenvalue weighted by Gasteiger charge is -2.33. The van der Waals surface area contributed by atoms with Crippen molar-refractivity contribution in [1.82, 2.24) is 9.21 Å². The predicted molar refractivity (Wildman–Crippen MR) is 79.9 cm³/mol. The molecule has 0 aliphatic carbocycles. The van der Waals surface area contributed by atoms with Gasteiger partial charge in [0.25, 0.3) is 5.91 Å². The molecule has 6 nitrogen and oxygen atoms in total. The molecule has 2 rings (SSSR count). The molecule has 0 aromatic heterocycles. The van der Waals surface area contributed by atoms with E-state index >= 15 is 0 Å². The number of rotatable bonds is 4. The molecule has 1 aliphatic heterocycles. The van der Waals surface area contributed by atoms with E-state index in [4.69, 9.17) is 4.74 Å². The predicted octanol–water partition coefficient (Wildman–Crippen LogP) is 0.942. The minimum Gasteiger partial charge on any atom is -0.494 e. The van der Waals surface area contributed by atoms with Gasteiger partial charge in [-0.3, -0.25) is 4.79 Å². The van der Waals surface area contributed by atoms with Crippen molar-refractivity contribution >= 4 is 15.9 Å². The van der Waals surface area contributed by atoms with E-state index in [1.54, 1.807) is 6.92 Å². The Labute approximate surface area is 129 Å². The van der Waals surface area contributed by atoms with E-state index in [9.17, 15) is 17.6 Å². The smallest absolute Gasteiger partial charge is 0.254 e. The van der Waals surface area contributed by atoms with Gasteiger partial charge >= 0.3 is 0 Å². The first-order valence-electron chi connectivity index (χ1n) is 6.99. The molecule has 0 N–H and O–H groups in total. The number of carbonyl (C=O) groups excluding carboxylic acids is 1. The first-order chi connectivity index (χ1) is 10.4. The van der Waals surface area contributed by atoms with Gasteiger partial charge in [-0.15, -0.1) is 0 Å². The molecular formula is C14H19FN2O4S. The zero-order valence-corrected chi connectivity index (χ0v) is 13.4. The van der Waals surface area contributed by atoms with Crippen LogP contribution in [0.15, 0.2) is 18.2 Å². The van der Waals surface area contributed by atoms with Gasteiger partial charge in [-0.1, -0.05) is 0 Å². The summed E-state index contributed by atoms with van der Waals surface area (Å²) in [6.07, 6.45) is 0. The zero-order valence-electron chi connectivity index (χ0n) is 12.6. The maximum Gasteiger partial charge on any atom is 0.254 e. The summed E-state index contributed by atoms with van der Waals surface area (Å²) in [7, 11) is -1.88. The lowest BCUT2D eigenvalue weighted by Crippen LogP contribution is -2.50. The van der Waals surface area contributed by atoms with Crippen LogP contribution in [-0.2, 0) is 10.0 Å². The van der Waals surface area contributed by atoms with E-state index in [1.807, 2.05) is 0 Å². The van der Waals surface area contributed by atoms with Crippen LogP contribution in [0.4, 0.5) is 4.39 Å². The van der Waals surface area contributed by atoms with E-state index in [1.165, 1.54) is 28.4 Å². The van der Waals surface area contributed by atoms with E-state index in [0.29, 0.717) is 13.1 Å². The maximum atomic E-state index is 13.7. The van der Waals surface area contributed by atoms with E-state index in [0.717, 1.165) is 6.07 Å². The second kappa shape index (κ2) is 6.62. The lowest BCUT2D eigenvalue weighted by atomic mass is 10.1. The van der Waals surface area contributed by atoms with E-state index < -0.39 is 15.8 Å². The first-order valence-corrected chi connectivity index (χ1v) is 8.60. The van der Waals surface area contributed by atoms with E-state index in [-0.39, 0.29) is 36.1 Å². The molecule has 1 amide bonds. The molecular weight excluding hydrogens is 311 g/mol. The molecule has 0 saturated carbocycles. The van der Waals surface area contributed by atoms with Crippen LogP contribution in [0.2, 0.25) is 0 Å². The zero-order chi connectivity index (χ0) is 16.3. The number of carbonyl (C=O) groups is 1. The average molecular weight is 330 g/mol. The van der Waals surface area contributed by atoms with E-state index in [2.05, 4.69) is 0 Å². The number of benzene rings is 1. The number of sulfonamides is 1. The summed E-state index contributed by atoms with van der Waals surface area (Å²) in [5.74, 6) is -0.781. The highest BCUT2D eigenvalue weighted by molar-refractivity contribution is 7.89. The van der Waals surface area contributed by atoms with Gasteiger partial charge in [-0.25, -0.2) is 12.8 Å². The molecule has 0 atom stereocenters. The van der Waals surface area contributed by atoms with Crippen molar-refractivity contribution < 1.29 is 22.3 Å². The fourth-order valence-corrected chi connectivity index (χ4v) is 3.42. The third-order valence-electron chi connectivity index (χ3n) is 3.68. The molecule has 1 fully saturated rings. The number of hydrogen-bond acceptors (Lipinski definition) is 4.